The van der Waals surface area contributed by atoms with Gasteiger partial charge in [0.05, 0.1) is 25.7 Å². The van der Waals surface area contributed by atoms with Gasteiger partial charge in [0.1, 0.15) is 0 Å². The highest BCUT2D eigenvalue weighted by Gasteiger charge is 2.17. The predicted octanol–water partition coefficient (Wildman–Crippen LogP) is 5.97. The summed E-state index contributed by atoms with van der Waals surface area (Å²) in [6.07, 6.45) is 0. The van der Waals surface area contributed by atoms with Crippen LogP contribution in [0.5, 0.6) is 0 Å². The number of rotatable bonds is 2. The second-order valence-electron chi connectivity index (χ2n) is 4.18. The first-order valence-electron chi connectivity index (χ1n) is 5.50. The maximum atomic E-state index is 11.2. The van der Waals surface area contributed by atoms with Gasteiger partial charge in [-0.3, -0.25) is 0 Å². The Labute approximate surface area is 135 Å². The van der Waals surface area contributed by atoms with Crippen molar-refractivity contribution in [1.82, 2.24) is 0 Å². The van der Waals surface area contributed by atoms with Gasteiger partial charge in [0.15, 0.2) is 0 Å². The third-order valence-corrected chi connectivity index (χ3v) is 4.44. The molecule has 0 aliphatic rings. The molecule has 0 atom stereocenters. The van der Waals surface area contributed by atoms with E-state index in [-0.39, 0.29) is 25.7 Å². The average Bonchev–Trinajstić information content (AvgIpc) is 2.38. The zero-order valence-corrected chi connectivity index (χ0v) is 13.2. The van der Waals surface area contributed by atoms with Crippen molar-refractivity contribution in [3.05, 3.63) is 55.5 Å². The van der Waals surface area contributed by atoms with Crippen LogP contribution in [0.2, 0.25) is 20.1 Å². The highest BCUT2D eigenvalue weighted by Crippen LogP contribution is 2.43. The Kier molecular flexibility index (Phi) is 4.50. The molecular formula is C14H8Cl4O2. The van der Waals surface area contributed by atoms with Crippen molar-refractivity contribution >= 4 is 52.4 Å². The van der Waals surface area contributed by atoms with Crippen molar-refractivity contribution in [2.75, 3.05) is 0 Å². The van der Waals surface area contributed by atoms with Crippen LogP contribution in [0.4, 0.5) is 0 Å². The summed E-state index contributed by atoms with van der Waals surface area (Å²) in [5.41, 5.74) is 1.79. The van der Waals surface area contributed by atoms with Crippen molar-refractivity contribution in [2.24, 2.45) is 0 Å². The van der Waals surface area contributed by atoms with Crippen molar-refractivity contribution in [2.45, 2.75) is 6.92 Å². The Balaban J connectivity index is 2.75. The minimum atomic E-state index is -1.02. The third kappa shape index (κ3) is 2.75. The molecule has 2 aromatic rings. The Bertz CT molecular complexity index is 685. The highest BCUT2D eigenvalue weighted by atomic mass is 35.5. The molecule has 2 aromatic carbocycles. The molecule has 0 fully saturated rings. The zero-order valence-electron chi connectivity index (χ0n) is 10.2. The largest absolute Gasteiger partial charge is 0.478 e. The molecule has 0 aromatic heterocycles. The third-order valence-electron chi connectivity index (χ3n) is 2.87. The number of carboxylic acid groups (broad SMARTS) is 1. The average molecular weight is 350 g/mol. The first-order chi connectivity index (χ1) is 9.32. The van der Waals surface area contributed by atoms with Gasteiger partial charge in [-0.15, -0.1) is 0 Å². The van der Waals surface area contributed by atoms with Gasteiger partial charge in [0.2, 0.25) is 0 Å². The minimum Gasteiger partial charge on any atom is -0.478 e. The number of aryl methyl sites for hydroxylation is 1. The number of carboxylic acids is 1. The van der Waals surface area contributed by atoms with E-state index in [4.69, 9.17) is 51.5 Å². The molecule has 0 saturated heterocycles. The van der Waals surface area contributed by atoms with E-state index < -0.39 is 5.97 Å². The van der Waals surface area contributed by atoms with E-state index in [1.807, 2.05) is 0 Å². The molecule has 0 aliphatic heterocycles. The van der Waals surface area contributed by atoms with Crippen molar-refractivity contribution in [3.8, 4) is 11.1 Å². The van der Waals surface area contributed by atoms with Gasteiger partial charge in [-0.1, -0.05) is 58.5 Å². The van der Waals surface area contributed by atoms with Crippen LogP contribution in [0.1, 0.15) is 15.9 Å². The quantitative estimate of drug-likeness (QED) is 0.677. The number of hydrogen-bond acceptors (Lipinski definition) is 1. The SMILES string of the molecule is Cc1ccc(-c2c(Cl)c(Cl)cc(Cl)c2Cl)cc1C(=O)O. The normalized spacial score (nSPS) is 10.7. The van der Waals surface area contributed by atoms with Crippen LogP contribution in [-0.2, 0) is 0 Å². The lowest BCUT2D eigenvalue weighted by molar-refractivity contribution is 0.0696. The lowest BCUT2D eigenvalue weighted by Crippen LogP contribution is -2.00. The molecule has 0 amide bonds. The molecule has 0 aliphatic carbocycles. The molecule has 0 radical (unpaired) electrons. The standard InChI is InChI=1S/C14H8Cl4O2/c1-6-2-3-7(4-8(6)14(19)20)11-12(17)9(15)5-10(16)13(11)18/h2-5H,1H3,(H,19,20). The van der Waals surface area contributed by atoms with Gasteiger partial charge in [-0.25, -0.2) is 4.79 Å². The summed E-state index contributed by atoms with van der Waals surface area (Å²) in [4.78, 5) is 11.2. The Morgan fingerprint density at radius 2 is 1.55 bits per heavy atom. The fourth-order valence-electron chi connectivity index (χ4n) is 1.83. The molecule has 0 spiro atoms. The molecule has 20 heavy (non-hydrogen) atoms. The molecule has 0 saturated carbocycles. The Hall–Kier alpha value is -0.930. The lowest BCUT2D eigenvalue weighted by atomic mass is 9.99. The van der Waals surface area contributed by atoms with E-state index >= 15 is 0 Å². The summed E-state index contributed by atoms with van der Waals surface area (Å²) in [5.74, 6) is -1.02. The Morgan fingerprint density at radius 1 is 1.00 bits per heavy atom. The lowest BCUT2D eigenvalue weighted by Gasteiger charge is -2.12. The van der Waals surface area contributed by atoms with Crippen molar-refractivity contribution < 1.29 is 9.90 Å². The highest BCUT2D eigenvalue weighted by molar-refractivity contribution is 6.50. The number of hydrogen-bond donors (Lipinski definition) is 1. The van der Waals surface area contributed by atoms with Crippen LogP contribution in [-0.4, -0.2) is 11.1 Å². The number of aromatic carboxylic acids is 1. The smallest absolute Gasteiger partial charge is 0.335 e. The van der Waals surface area contributed by atoms with Crippen LogP contribution in [0.25, 0.3) is 11.1 Å². The number of halogens is 4. The van der Waals surface area contributed by atoms with E-state index in [2.05, 4.69) is 0 Å². The summed E-state index contributed by atoms with van der Waals surface area (Å²) in [5, 5.41) is 10.2. The summed E-state index contributed by atoms with van der Waals surface area (Å²) in [6.45, 7) is 1.71. The van der Waals surface area contributed by atoms with Gasteiger partial charge >= 0.3 is 5.97 Å². The second-order valence-corrected chi connectivity index (χ2v) is 5.75. The maximum absolute atomic E-state index is 11.2. The first-order valence-corrected chi connectivity index (χ1v) is 7.01. The molecule has 104 valence electrons. The van der Waals surface area contributed by atoms with E-state index in [1.54, 1.807) is 19.1 Å². The van der Waals surface area contributed by atoms with Gasteiger partial charge in [-0.05, 0) is 30.2 Å². The molecular weight excluding hydrogens is 342 g/mol. The number of carbonyl (C=O) groups is 1. The molecule has 2 rings (SSSR count). The van der Waals surface area contributed by atoms with Crippen LogP contribution >= 0.6 is 46.4 Å². The van der Waals surface area contributed by atoms with Gasteiger partial charge in [-0.2, -0.15) is 0 Å². The predicted molar refractivity (Wildman–Crippen MR) is 83.6 cm³/mol. The van der Waals surface area contributed by atoms with Crippen LogP contribution in [0.3, 0.4) is 0 Å². The van der Waals surface area contributed by atoms with E-state index in [1.165, 1.54) is 12.1 Å². The summed E-state index contributed by atoms with van der Waals surface area (Å²) < 4.78 is 0. The monoisotopic (exact) mass is 348 g/mol. The van der Waals surface area contributed by atoms with E-state index in [0.717, 1.165) is 0 Å². The summed E-state index contributed by atoms with van der Waals surface area (Å²) in [6, 6.07) is 6.35. The van der Waals surface area contributed by atoms with Crippen LogP contribution in [0.15, 0.2) is 24.3 Å². The van der Waals surface area contributed by atoms with E-state index in [0.29, 0.717) is 16.7 Å². The maximum Gasteiger partial charge on any atom is 0.335 e. The van der Waals surface area contributed by atoms with Crippen molar-refractivity contribution in [3.63, 3.8) is 0 Å². The topological polar surface area (TPSA) is 37.3 Å². The molecule has 0 unspecified atom stereocenters. The minimum absolute atomic E-state index is 0.172. The fourth-order valence-corrected chi connectivity index (χ4v) is 2.86. The Morgan fingerprint density at radius 3 is 2.05 bits per heavy atom. The van der Waals surface area contributed by atoms with Crippen LogP contribution < -0.4 is 0 Å². The van der Waals surface area contributed by atoms with Gasteiger partial charge in [0.25, 0.3) is 0 Å². The summed E-state index contributed by atoms with van der Waals surface area (Å²) >= 11 is 24.3. The number of benzene rings is 2. The van der Waals surface area contributed by atoms with Crippen LogP contribution in [0, 0.1) is 6.92 Å². The van der Waals surface area contributed by atoms with E-state index in [9.17, 15) is 4.79 Å². The van der Waals surface area contributed by atoms with Gasteiger partial charge in [0, 0.05) is 5.56 Å². The van der Waals surface area contributed by atoms with Crippen molar-refractivity contribution in [1.29, 1.82) is 0 Å². The summed E-state index contributed by atoms with van der Waals surface area (Å²) in [7, 11) is 0. The molecule has 0 heterocycles. The first kappa shape index (κ1) is 15.5. The molecule has 0 bridgehead atoms. The second kappa shape index (κ2) is 5.82. The zero-order chi connectivity index (χ0) is 15.0. The molecule has 6 heteroatoms. The molecule has 1 N–H and O–H groups in total. The fraction of sp³-hybridized carbons (Fsp3) is 0.0714. The van der Waals surface area contributed by atoms with Gasteiger partial charge < -0.3 is 5.11 Å². The molecule has 2 nitrogen and oxygen atoms in total.